The Bertz CT molecular complexity index is 385. The maximum atomic E-state index is 11.5. The number of carbonyl (C=O) groups is 4. The summed E-state index contributed by atoms with van der Waals surface area (Å²) in [4.78, 5) is 44.5. The van der Waals surface area contributed by atoms with Crippen LogP contribution in [0.15, 0.2) is 0 Å². The van der Waals surface area contributed by atoms with Crippen LogP contribution < -0.4 is 21.7 Å². The van der Waals surface area contributed by atoms with E-state index in [1.54, 1.807) is 0 Å². The SMILES string of the molecule is CCCNC(=O)C(C)NC(=O)N[C@@H](CC(N)=O)C(=O)O. The fourth-order valence-electron chi connectivity index (χ4n) is 1.26. The second-order valence-corrected chi connectivity index (χ2v) is 4.19. The van der Waals surface area contributed by atoms with Crippen molar-refractivity contribution in [2.24, 2.45) is 5.73 Å². The molecule has 0 aromatic heterocycles. The van der Waals surface area contributed by atoms with E-state index in [1.807, 2.05) is 6.92 Å². The lowest BCUT2D eigenvalue weighted by Gasteiger charge is -2.17. The summed E-state index contributed by atoms with van der Waals surface area (Å²) < 4.78 is 0. The molecule has 1 unspecified atom stereocenters. The minimum absolute atomic E-state index is 0.385. The zero-order valence-electron chi connectivity index (χ0n) is 11.4. The molecule has 2 atom stereocenters. The number of carboxylic acids is 1. The molecule has 0 saturated carbocycles. The van der Waals surface area contributed by atoms with Crippen molar-refractivity contribution in [3.05, 3.63) is 0 Å². The van der Waals surface area contributed by atoms with Crippen molar-refractivity contribution in [3.8, 4) is 0 Å². The van der Waals surface area contributed by atoms with Gasteiger partial charge in [0.25, 0.3) is 0 Å². The van der Waals surface area contributed by atoms with Crippen molar-refractivity contribution in [3.63, 3.8) is 0 Å². The molecule has 4 amide bonds. The number of primary amides is 1. The molecular weight excluding hydrogens is 268 g/mol. The third kappa shape index (κ3) is 7.19. The molecule has 20 heavy (non-hydrogen) atoms. The molecule has 0 heterocycles. The van der Waals surface area contributed by atoms with Gasteiger partial charge in [0.05, 0.1) is 6.42 Å². The van der Waals surface area contributed by atoms with E-state index in [1.165, 1.54) is 6.92 Å². The molecule has 0 rings (SSSR count). The zero-order valence-corrected chi connectivity index (χ0v) is 11.4. The lowest BCUT2D eigenvalue weighted by atomic mass is 10.2. The minimum atomic E-state index is -1.43. The van der Waals surface area contributed by atoms with Crippen molar-refractivity contribution in [1.82, 2.24) is 16.0 Å². The molecule has 0 radical (unpaired) electrons. The van der Waals surface area contributed by atoms with Crippen molar-refractivity contribution in [2.45, 2.75) is 38.8 Å². The number of nitrogens with one attached hydrogen (secondary N) is 3. The van der Waals surface area contributed by atoms with Crippen molar-refractivity contribution >= 4 is 23.8 Å². The Kier molecular flexibility index (Phi) is 7.71. The largest absolute Gasteiger partial charge is 0.480 e. The number of carbonyl (C=O) groups excluding carboxylic acids is 3. The molecule has 0 fully saturated rings. The van der Waals surface area contributed by atoms with Gasteiger partial charge >= 0.3 is 12.0 Å². The highest BCUT2D eigenvalue weighted by molar-refractivity contribution is 5.90. The van der Waals surface area contributed by atoms with Crippen LogP contribution in [0, 0.1) is 0 Å². The van der Waals surface area contributed by atoms with Crippen LogP contribution in [0.4, 0.5) is 4.79 Å². The predicted molar refractivity (Wildman–Crippen MR) is 69.7 cm³/mol. The van der Waals surface area contributed by atoms with Crippen LogP contribution >= 0.6 is 0 Å². The number of nitrogens with two attached hydrogens (primary N) is 1. The third-order valence-corrected chi connectivity index (χ3v) is 2.30. The first-order valence-corrected chi connectivity index (χ1v) is 6.13. The van der Waals surface area contributed by atoms with Gasteiger partial charge in [0, 0.05) is 6.54 Å². The zero-order chi connectivity index (χ0) is 15.7. The fraction of sp³-hybridized carbons (Fsp3) is 0.636. The molecule has 0 saturated heterocycles. The summed E-state index contributed by atoms with van der Waals surface area (Å²) >= 11 is 0. The van der Waals surface area contributed by atoms with Gasteiger partial charge in [-0.05, 0) is 13.3 Å². The minimum Gasteiger partial charge on any atom is -0.480 e. The highest BCUT2D eigenvalue weighted by Crippen LogP contribution is 1.92. The van der Waals surface area contributed by atoms with E-state index in [9.17, 15) is 19.2 Å². The maximum absolute atomic E-state index is 11.5. The summed E-state index contributed by atoms with van der Waals surface area (Å²) in [5, 5.41) is 15.7. The van der Waals surface area contributed by atoms with Gasteiger partial charge in [0.15, 0.2) is 0 Å². The normalized spacial score (nSPS) is 12.9. The van der Waals surface area contributed by atoms with Gasteiger partial charge in [0.2, 0.25) is 11.8 Å². The molecular formula is C11H20N4O5. The highest BCUT2D eigenvalue weighted by atomic mass is 16.4. The third-order valence-electron chi connectivity index (χ3n) is 2.30. The Balaban J connectivity index is 4.34. The van der Waals surface area contributed by atoms with E-state index in [4.69, 9.17) is 10.8 Å². The van der Waals surface area contributed by atoms with E-state index in [0.29, 0.717) is 6.54 Å². The Labute approximate surface area is 116 Å². The number of aliphatic carboxylic acids is 1. The van der Waals surface area contributed by atoms with Gasteiger partial charge in [0.1, 0.15) is 12.1 Å². The van der Waals surface area contributed by atoms with Gasteiger partial charge in [-0.1, -0.05) is 6.92 Å². The average Bonchev–Trinajstić information content (AvgIpc) is 2.34. The Morgan fingerprint density at radius 1 is 1.20 bits per heavy atom. The Morgan fingerprint density at radius 3 is 2.25 bits per heavy atom. The summed E-state index contributed by atoms with van der Waals surface area (Å²) in [7, 11) is 0. The van der Waals surface area contributed by atoms with Crippen LogP contribution in [0.1, 0.15) is 26.7 Å². The standard InChI is InChI=1S/C11H20N4O5/c1-3-4-13-9(17)6(2)14-11(20)15-7(10(18)19)5-8(12)16/h6-7H,3-5H2,1-2H3,(H2,12,16)(H,13,17)(H,18,19)(H2,14,15,20)/t6?,7-/m0/s1. The molecule has 0 spiro atoms. The van der Waals surface area contributed by atoms with Crippen LogP contribution in [-0.4, -0.2) is 47.5 Å². The summed E-state index contributed by atoms with van der Waals surface area (Å²) in [6, 6.07) is -3.12. The summed E-state index contributed by atoms with van der Waals surface area (Å²) in [5.41, 5.74) is 4.87. The summed E-state index contributed by atoms with van der Waals surface area (Å²) in [5.74, 6) is -2.63. The van der Waals surface area contributed by atoms with Gasteiger partial charge in [-0.15, -0.1) is 0 Å². The molecule has 0 bridgehead atoms. The predicted octanol–water partition coefficient (Wildman–Crippen LogP) is -1.47. The lowest BCUT2D eigenvalue weighted by Crippen LogP contribution is -2.53. The second-order valence-electron chi connectivity index (χ2n) is 4.19. The number of urea groups is 1. The quantitative estimate of drug-likeness (QED) is 0.369. The maximum Gasteiger partial charge on any atom is 0.326 e. The molecule has 9 heteroatoms. The molecule has 0 aliphatic heterocycles. The number of amides is 4. The topological polar surface area (TPSA) is 151 Å². The number of rotatable bonds is 8. The molecule has 9 nitrogen and oxygen atoms in total. The number of hydrogen-bond acceptors (Lipinski definition) is 4. The summed E-state index contributed by atoms with van der Waals surface area (Å²) in [6.07, 6.45) is 0.226. The molecule has 6 N–H and O–H groups in total. The van der Waals surface area contributed by atoms with Gasteiger partial charge in [-0.3, -0.25) is 9.59 Å². The second kappa shape index (κ2) is 8.73. The average molecular weight is 288 g/mol. The van der Waals surface area contributed by atoms with Crippen LogP contribution in [0.5, 0.6) is 0 Å². The van der Waals surface area contributed by atoms with E-state index in [2.05, 4.69) is 16.0 Å². The van der Waals surface area contributed by atoms with E-state index >= 15 is 0 Å². The van der Waals surface area contributed by atoms with Crippen molar-refractivity contribution in [2.75, 3.05) is 6.54 Å². The van der Waals surface area contributed by atoms with E-state index in [0.717, 1.165) is 6.42 Å². The number of carboxylic acid groups (broad SMARTS) is 1. The Morgan fingerprint density at radius 2 is 1.80 bits per heavy atom. The van der Waals surface area contributed by atoms with Gasteiger partial charge in [-0.2, -0.15) is 0 Å². The first-order chi connectivity index (χ1) is 9.27. The monoisotopic (exact) mass is 288 g/mol. The number of hydrogen-bond donors (Lipinski definition) is 5. The van der Waals surface area contributed by atoms with Gasteiger partial charge < -0.3 is 26.8 Å². The summed E-state index contributed by atoms with van der Waals surface area (Å²) in [6.45, 7) is 3.81. The fourth-order valence-corrected chi connectivity index (χ4v) is 1.26. The highest BCUT2D eigenvalue weighted by Gasteiger charge is 2.23. The first-order valence-electron chi connectivity index (χ1n) is 6.13. The molecule has 0 aromatic rings. The Hall–Kier alpha value is -2.32. The van der Waals surface area contributed by atoms with Crippen LogP contribution in [-0.2, 0) is 14.4 Å². The van der Waals surface area contributed by atoms with Crippen molar-refractivity contribution in [1.29, 1.82) is 0 Å². The lowest BCUT2D eigenvalue weighted by molar-refractivity contribution is -0.140. The van der Waals surface area contributed by atoms with Crippen LogP contribution in [0.2, 0.25) is 0 Å². The van der Waals surface area contributed by atoms with Crippen LogP contribution in [0.3, 0.4) is 0 Å². The molecule has 114 valence electrons. The molecule has 0 aromatic carbocycles. The smallest absolute Gasteiger partial charge is 0.326 e. The first kappa shape index (κ1) is 17.7. The molecule has 0 aliphatic rings. The van der Waals surface area contributed by atoms with E-state index in [-0.39, 0.29) is 5.91 Å². The van der Waals surface area contributed by atoms with Gasteiger partial charge in [-0.25, -0.2) is 9.59 Å². The van der Waals surface area contributed by atoms with Crippen molar-refractivity contribution < 1.29 is 24.3 Å². The van der Waals surface area contributed by atoms with E-state index < -0.39 is 36.4 Å². The van der Waals surface area contributed by atoms with Crippen LogP contribution in [0.25, 0.3) is 0 Å². The molecule has 0 aliphatic carbocycles.